The molecule has 1 amide bonds. The molecule has 6 heteroatoms. The molecule has 21 heavy (non-hydrogen) atoms. The molecule has 1 aromatic carbocycles. The Bertz CT molecular complexity index is 510. The molecule has 0 bridgehead atoms. The summed E-state index contributed by atoms with van der Waals surface area (Å²) in [5.41, 5.74) is 5.53. The van der Waals surface area contributed by atoms with Crippen molar-refractivity contribution in [3.8, 4) is 0 Å². The quantitative estimate of drug-likeness (QED) is 0.366. The van der Waals surface area contributed by atoms with Gasteiger partial charge in [0.2, 0.25) is 5.91 Å². The lowest BCUT2D eigenvalue weighted by atomic mass is 9.79. The lowest BCUT2D eigenvalue weighted by Gasteiger charge is -2.33. The molecule has 1 rings (SSSR count). The fourth-order valence-corrected chi connectivity index (χ4v) is 2.42. The number of halogens is 1. The number of rotatable bonds is 6. The van der Waals surface area contributed by atoms with Gasteiger partial charge in [-0.25, -0.2) is 4.39 Å². The summed E-state index contributed by atoms with van der Waals surface area (Å²) in [7, 11) is 1.65. The molecule has 0 aliphatic carbocycles. The van der Waals surface area contributed by atoms with Crippen LogP contribution in [0.25, 0.3) is 0 Å². The molecule has 5 nitrogen and oxygen atoms in total. The van der Waals surface area contributed by atoms with E-state index in [0.717, 1.165) is 5.56 Å². The number of amides is 1. The molecule has 0 heterocycles. The van der Waals surface area contributed by atoms with Crippen molar-refractivity contribution >= 4 is 11.7 Å². The van der Waals surface area contributed by atoms with Gasteiger partial charge in [0, 0.05) is 13.6 Å². The Morgan fingerprint density at radius 1 is 1.33 bits per heavy atom. The molecule has 0 aliphatic rings. The van der Waals surface area contributed by atoms with Crippen LogP contribution in [0.1, 0.15) is 32.3 Å². The number of carbonyl (C=O) groups is 1. The second-order valence-electron chi connectivity index (χ2n) is 5.06. The van der Waals surface area contributed by atoms with Crippen molar-refractivity contribution in [1.82, 2.24) is 4.90 Å². The topological polar surface area (TPSA) is 78.9 Å². The Balaban J connectivity index is 2.96. The monoisotopic (exact) mass is 295 g/mol. The molecule has 0 unspecified atom stereocenters. The van der Waals surface area contributed by atoms with Gasteiger partial charge >= 0.3 is 0 Å². The van der Waals surface area contributed by atoms with Gasteiger partial charge in [-0.15, -0.1) is 0 Å². The first-order chi connectivity index (χ1) is 9.91. The average Bonchev–Trinajstić information content (AvgIpc) is 2.50. The summed E-state index contributed by atoms with van der Waals surface area (Å²) in [5.74, 6) is -0.614. The molecule has 0 fully saturated rings. The van der Waals surface area contributed by atoms with Gasteiger partial charge in [0.15, 0.2) is 5.84 Å². The predicted molar refractivity (Wildman–Crippen MR) is 79.3 cm³/mol. The maximum absolute atomic E-state index is 12.9. The van der Waals surface area contributed by atoms with E-state index in [0.29, 0.717) is 19.4 Å². The Morgan fingerprint density at radius 3 is 2.29 bits per heavy atom. The normalized spacial score (nSPS) is 12.3. The Hall–Kier alpha value is -2.11. The van der Waals surface area contributed by atoms with Crippen LogP contribution < -0.4 is 5.73 Å². The zero-order valence-corrected chi connectivity index (χ0v) is 12.6. The maximum Gasteiger partial charge on any atom is 0.236 e. The second kappa shape index (κ2) is 7.06. The number of benzene rings is 1. The van der Waals surface area contributed by atoms with Crippen molar-refractivity contribution in [2.75, 3.05) is 7.05 Å². The van der Waals surface area contributed by atoms with Crippen LogP contribution in [0.4, 0.5) is 4.39 Å². The number of oxime groups is 1. The predicted octanol–water partition coefficient (Wildman–Crippen LogP) is 2.34. The molecule has 1 aromatic rings. The first-order valence-electron chi connectivity index (χ1n) is 6.89. The molecular weight excluding hydrogens is 273 g/mol. The third kappa shape index (κ3) is 3.51. The molecular formula is C15H22FN3O2. The Kier molecular flexibility index (Phi) is 5.69. The van der Waals surface area contributed by atoms with Gasteiger partial charge in [-0.1, -0.05) is 31.1 Å². The molecule has 0 aromatic heterocycles. The molecule has 0 spiro atoms. The summed E-state index contributed by atoms with van der Waals surface area (Å²) < 4.78 is 12.9. The molecule has 0 saturated heterocycles. The highest BCUT2D eigenvalue weighted by Crippen LogP contribution is 2.29. The van der Waals surface area contributed by atoms with Crippen LogP contribution in [-0.4, -0.2) is 28.9 Å². The highest BCUT2D eigenvalue weighted by atomic mass is 19.1. The van der Waals surface area contributed by atoms with Gasteiger partial charge in [-0.2, -0.15) is 0 Å². The van der Waals surface area contributed by atoms with E-state index >= 15 is 0 Å². The molecule has 3 N–H and O–H groups in total. The van der Waals surface area contributed by atoms with Crippen LogP contribution in [-0.2, 0) is 11.3 Å². The van der Waals surface area contributed by atoms with Crippen molar-refractivity contribution in [2.24, 2.45) is 16.3 Å². The minimum atomic E-state index is -1.01. The van der Waals surface area contributed by atoms with E-state index in [1.165, 1.54) is 17.0 Å². The van der Waals surface area contributed by atoms with Crippen molar-refractivity contribution in [3.05, 3.63) is 35.6 Å². The summed E-state index contributed by atoms with van der Waals surface area (Å²) in [5, 5.41) is 12.0. The Morgan fingerprint density at radius 2 is 1.86 bits per heavy atom. The highest BCUT2D eigenvalue weighted by Gasteiger charge is 2.41. The fourth-order valence-electron chi connectivity index (χ4n) is 2.42. The van der Waals surface area contributed by atoms with E-state index in [2.05, 4.69) is 5.16 Å². The van der Waals surface area contributed by atoms with Gasteiger partial charge in [0.25, 0.3) is 0 Å². The van der Waals surface area contributed by atoms with E-state index in [1.807, 2.05) is 13.8 Å². The standard InChI is InChI=1S/C15H22FN3O2/c1-4-15(5-2,13(17)18-21)14(20)19(3)10-11-6-8-12(16)9-7-11/h6-9,21H,4-5,10H2,1-3H3,(H2,17,18). The lowest BCUT2D eigenvalue weighted by Crippen LogP contribution is -2.49. The third-order valence-electron chi connectivity index (χ3n) is 3.89. The summed E-state index contributed by atoms with van der Waals surface area (Å²) >= 11 is 0. The van der Waals surface area contributed by atoms with Gasteiger partial charge in [-0.05, 0) is 30.5 Å². The SMILES string of the molecule is CCC(CC)(C(=O)N(C)Cc1ccc(F)cc1)C(N)=NO. The summed E-state index contributed by atoms with van der Waals surface area (Å²) in [4.78, 5) is 14.2. The van der Waals surface area contributed by atoms with Crippen LogP contribution in [0.2, 0.25) is 0 Å². The third-order valence-corrected chi connectivity index (χ3v) is 3.89. The Labute approximate surface area is 124 Å². The molecule has 0 radical (unpaired) electrons. The summed E-state index contributed by atoms with van der Waals surface area (Å²) in [6, 6.07) is 5.96. The highest BCUT2D eigenvalue weighted by molar-refractivity contribution is 6.06. The minimum Gasteiger partial charge on any atom is -0.409 e. The number of nitrogens with two attached hydrogens (primary N) is 1. The smallest absolute Gasteiger partial charge is 0.236 e. The minimum absolute atomic E-state index is 0.0801. The molecule has 116 valence electrons. The lowest BCUT2D eigenvalue weighted by molar-refractivity contribution is -0.138. The summed E-state index contributed by atoms with van der Waals surface area (Å²) in [6.07, 6.45) is 0.873. The van der Waals surface area contributed by atoms with Crippen molar-refractivity contribution in [1.29, 1.82) is 0 Å². The second-order valence-corrected chi connectivity index (χ2v) is 5.06. The number of amidine groups is 1. The van der Waals surface area contributed by atoms with E-state index in [1.54, 1.807) is 19.2 Å². The van der Waals surface area contributed by atoms with Gasteiger partial charge in [0.05, 0.1) is 0 Å². The van der Waals surface area contributed by atoms with Crippen LogP contribution in [0.5, 0.6) is 0 Å². The van der Waals surface area contributed by atoms with E-state index < -0.39 is 5.41 Å². The van der Waals surface area contributed by atoms with E-state index in [-0.39, 0.29) is 17.6 Å². The molecule has 0 atom stereocenters. The number of nitrogens with zero attached hydrogens (tertiary/aromatic N) is 2. The van der Waals surface area contributed by atoms with Crippen molar-refractivity contribution in [2.45, 2.75) is 33.2 Å². The first-order valence-corrected chi connectivity index (χ1v) is 6.89. The largest absolute Gasteiger partial charge is 0.409 e. The molecule has 0 aliphatic heterocycles. The van der Waals surface area contributed by atoms with E-state index in [9.17, 15) is 9.18 Å². The number of carbonyl (C=O) groups excluding carboxylic acids is 1. The zero-order chi connectivity index (χ0) is 16.0. The van der Waals surface area contributed by atoms with Gasteiger partial charge in [-0.3, -0.25) is 4.79 Å². The first kappa shape index (κ1) is 16.9. The fraction of sp³-hybridized carbons (Fsp3) is 0.467. The zero-order valence-electron chi connectivity index (χ0n) is 12.6. The average molecular weight is 295 g/mol. The van der Waals surface area contributed by atoms with Gasteiger partial charge in [0.1, 0.15) is 11.2 Å². The van der Waals surface area contributed by atoms with Crippen LogP contribution in [0.15, 0.2) is 29.4 Å². The van der Waals surface area contributed by atoms with Crippen LogP contribution in [0.3, 0.4) is 0 Å². The number of hydrogen-bond acceptors (Lipinski definition) is 3. The maximum atomic E-state index is 12.9. The molecule has 0 saturated carbocycles. The number of hydrogen-bond donors (Lipinski definition) is 2. The van der Waals surface area contributed by atoms with Crippen molar-refractivity contribution < 1.29 is 14.4 Å². The van der Waals surface area contributed by atoms with Crippen molar-refractivity contribution in [3.63, 3.8) is 0 Å². The van der Waals surface area contributed by atoms with Gasteiger partial charge < -0.3 is 15.8 Å². The summed E-state index contributed by atoms with van der Waals surface area (Å²) in [6.45, 7) is 3.98. The van der Waals surface area contributed by atoms with E-state index in [4.69, 9.17) is 10.9 Å². The van der Waals surface area contributed by atoms with Crippen LogP contribution in [0, 0.1) is 11.2 Å². The van der Waals surface area contributed by atoms with Crippen LogP contribution >= 0.6 is 0 Å².